The number of ether oxygens (including phenoxy) is 1. The molecule has 0 saturated heterocycles. The van der Waals surface area contributed by atoms with Crippen molar-refractivity contribution in [2.24, 2.45) is 5.90 Å². The molecule has 0 heterocycles. The molecule has 0 fully saturated rings. The van der Waals surface area contributed by atoms with Crippen LogP contribution in [-0.2, 0) is 19.1 Å². The minimum absolute atomic E-state index is 0.0530. The monoisotopic (exact) mass is 171 g/mol. The first-order valence-corrected chi connectivity index (χ1v) is 4.00. The van der Waals surface area contributed by atoms with Crippen LogP contribution in [0.1, 0.15) is 0 Å². The second-order valence-corrected chi connectivity index (χ2v) is 2.95. The van der Waals surface area contributed by atoms with Crippen LogP contribution in [0.5, 0.6) is 0 Å². The first-order valence-electron chi connectivity index (χ1n) is 2.42. The fourth-order valence-corrected chi connectivity index (χ4v) is 0.631. The summed E-state index contributed by atoms with van der Waals surface area (Å²) in [5.41, 5.74) is 0. The van der Waals surface area contributed by atoms with Gasteiger partial charge in [-0.3, -0.25) is 0 Å². The molecule has 6 nitrogen and oxygen atoms in total. The quantitative estimate of drug-likeness (QED) is 0.373. The summed E-state index contributed by atoms with van der Waals surface area (Å²) in [5.74, 6) is 3.72. The molecule has 0 unspecified atom stereocenters. The third-order valence-electron chi connectivity index (χ3n) is 0.610. The lowest BCUT2D eigenvalue weighted by molar-refractivity contribution is 0.116. The van der Waals surface area contributed by atoms with Crippen molar-refractivity contribution in [3.05, 3.63) is 0 Å². The molecule has 0 amide bonds. The van der Waals surface area contributed by atoms with Crippen LogP contribution in [0.2, 0.25) is 0 Å². The molecule has 0 aliphatic rings. The van der Waals surface area contributed by atoms with Crippen LogP contribution in [0.4, 0.5) is 0 Å². The lowest BCUT2D eigenvalue weighted by Gasteiger charge is -1.99. The largest absolute Gasteiger partial charge is 0.394 e. The summed E-state index contributed by atoms with van der Waals surface area (Å²) in [6.45, 7) is -0.289. The SMILES string of the molecule is NOS(=O)(=O)COCCO. The first-order chi connectivity index (χ1) is 4.62. The van der Waals surface area contributed by atoms with E-state index in [4.69, 9.17) is 5.11 Å². The van der Waals surface area contributed by atoms with Crippen LogP contribution < -0.4 is 5.90 Å². The summed E-state index contributed by atoms with van der Waals surface area (Å²) >= 11 is 0. The van der Waals surface area contributed by atoms with Crippen molar-refractivity contribution in [2.45, 2.75) is 0 Å². The predicted octanol–water partition coefficient (Wildman–Crippen LogP) is -1.83. The van der Waals surface area contributed by atoms with Crippen molar-refractivity contribution in [3.63, 3.8) is 0 Å². The molecule has 0 atom stereocenters. The van der Waals surface area contributed by atoms with E-state index < -0.39 is 16.1 Å². The second kappa shape index (κ2) is 4.58. The minimum atomic E-state index is -3.75. The summed E-state index contributed by atoms with van der Waals surface area (Å²) in [7, 11) is -3.75. The normalized spacial score (nSPS) is 11.8. The molecule has 0 aliphatic heterocycles. The van der Waals surface area contributed by atoms with E-state index in [2.05, 4.69) is 14.9 Å². The molecule has 0 saturated carbocycles. The summed E-state index contributed by atoms with van der Waals surface area (Å²) in [6.07, 6.45) is 0. The van der Waals surface area contributed by atoms with E-state index in [0.717, 1.165) is 0 Å². The molecule has 0 aliphatic carbocycles. The molecule has 0 bridgehead atoms. The third kappa shape index (κ3) is 4.65. The summed E-state index contributed by atoms with van der Waals surface area (Å²) < 4.78 is 28.6. The zero-order valence-corrected chi connectivity index (χ0v) is 6.00. The van der Waals surface area contributed by atoms with E-state index >= 15 is 0 Å². The third-order valence-corrected chi connectivity index (χ3v) is 1.36. The van der Waals surface area contributed by atoms with Gasteiger partial charge in [-0.2, -0.15) is 18.6 Å². The molecule has 3 N–H and O–H groups in total. The Hall–Kier alpha value is -0.210. The van der Waals surface area contributed by atoms with Crippen molar-refractivity contribution in [3.8, 4) is 0 Å². The smallest absolute Gasteiger partial charge is 0.307 e. The van der Waals surface area contributed by atoms with Gasteiger partial charge >= 0.3 is 10.1 Å². The molecule has 10 heavy (non-hydrogen) atoms. The Morgan fingerprint density at radius 3 is 2.50 bits per heavy atom. The van der Waals surface area contributed by atoms with Gasteiger partial charge in [0.1, 0.15) is 0 Å². The van der Waals surface area contributed by atoms with Gasteiger partial charge in [0, 0.05) is 0 Å². The maximum Gasteiger partial charge on any atom is 0.307 e. The van der Waals surface area contributed by atoms with Crippen molar-refractivity contribution in [2.75, 3.05) is 19.2 Å². The topological polar surface area (TPSA) is 98.9 Å². The Morgan fingerprint density at radius 1 is 1.50 bits per heavy atom. The van der Waals surface area contributed by atoms with E-state index in [1.165, 1.54) is 0 Å². The van der Waals surface area contributed by atoms with Crippen molar-refractivity contribution in [1.29, 1.82) is 0 Å². The van der Waals surface area contributed by atoms with E-state index in [9.17, 15) is 8.42 Å². The van der Waals surface area contributed by atoms with Gasteiger partial charge in [0.15, 0.2) is 5.94 Å². The molecule has 62 valence electrons. The van der Waals surface area contributed by atoms with Crippen LogP contribution >= 0.6 is 0 Å². The number of nitrogens with two attached hydrogens (primary N) is 1. The molecular formula is C3H9NO5S. The highest BCUT2D eigenvalue weighted by atomic mass is 32.2. The number of rotatable bonds is 5. The van der Waals surface area contributed by atoms with E-state index in [0.29, 0.717) is 0 Å². The summed E-state index contributed by atoms with van der Waals surface area (Å²) in [5, 5.41) is 8.14. The maximum atomic E-state index is 10.3. The Labute approximate surface area is 58.6 Å². The minimum Gasteiger partial charge on any atom is -0.394 e. The van der Waals surface area contributed by atoms with Crippen molar-refractivity contribution in [1.82, 2.24) is 0 Å². The Morgan fingerprint density at radius 2 is 2.10 bits per heavy atom. The number of hydrogen-bond donors (Lipinski definition) is 2. The summed E-state index contributed by atoms with van der Waals surface area (Å²) in [4.78, 5) is 0. The molecule has 0 spiro atoms. The van der Waals surface area contributed by atoms with E-state index in [1.54, 1.807) is 0 Å². The lowest BCUT2D eigenvalue weighted by atomic mass is 10.8. The molecule has 7 heteroatoms. The molecular weight excluding hydrogens is 162 g/mol. The zero-order chi connectivity index (χ0) is 8.04. The van der Waals surface area contributed by atoms with Crippen LogP contribution in [-0.4, -0.2) is 32.7 Å². The molecule has 0 aromatic rings. The van der Waals surface area contributed by atoms with Gasteiger partial charge in [0.25, 0.3) is 0 Å². The number of aliphatic hydroxyl groups is 1. The molecule has 0 rings (SSSR count). The van der Waals surface area contributed by atoms with E-state index in [-0.39, 0.29) is 13.2 Å². The lowest BCUT2D eigenvalue weighted by Crippen LogP contribution is -2.17. The average molecular weight is 171 g/mol. The van der Waals surface area contributed by atoms with Gasteiger partial charge in [-0.1, -0.05) is 0 Å². The zero-order valence-electron chi connectivity index (χ0n) is 5.19. The Kier molecular flexibility index (Phi) is 4.49. The van der Waals surface area contributed by atoms with Crippen LogP contribution in [0.25, 0.3) is 0 Å². The highest BCUT2D eigenvalue weighted by molar-refractivity contribution is 7.86. The Bertz CT molecular complexity index is 164. The van der Waals surface area contributed by atoms with Gasteiger partial charge in [-0.25, -0.2) is 0 Å². The van der Waals surface area contributed by atoms with Crippen LogP contribution in [0.3, 0.4) is 0 Å². The van der Waals surface area contributed by atoms with Crippen molar-refractivity contribution < 1.29 is 22.5 Å². The van der Waals surface area contributed by atoms with Gasteiger partial charge in [-0.15, -0.1) is 0 Å². The highest BCUT2D eigenvalue weighted by Gasteiger charge is 2.07. The van der Waals surface area contributed by atoms with Crippen molar-refractivity contribution >= 4 is 10.1 Å². The van der Waals surface area contributed by atoms with Crippen LogP contribution in [0, 0.1) is 0 Å². The molecule has 0 radical (unpaired) electrons. The van der Waals surface area contributed by atoms with Gasteiger partial charge < -0.3 is 9.84 Å². The summed E-state index contributed by atoms with van der Waals surface area (Å²) in [6, 6.07) is 0. The highest BCUT2D eigenvalue weighted by Crippen LogP contribution is 1.87. The second-order valence-electron chi connectivity index (χ2n) is 1.40. The fraction of sp³-hybridized carbons (Fsp3) is 1.00. The van der Waals surface area contributed by atoms with Gasteiger partial charge in [0.2, 0.25) is 0 Å². The van der Waals surface area contributed by atoms with Crippen LogP contribution in [0.15, 0.2) is 0 Å². The van der Waals surface area contributed by atoms with Gasteiger partial charge in [0.05, 0.1) is 13.2 Å². The number of hydrogen-bond acceptors (Lipinski definition) is 6. The van der Waals surface area contributed by atoms with Gasteiger partial charge in [-0.05, 0) is 0 Å². The maximum absolute atomic E-state index is 10.3. The number of aliphatic hydroxyl groups excluding tert-OH is 1. The Balaban J connectivity index is 3.49. The predicted molar refractivity (Wildman–Crippen MR) is 32.1 cm³/mol. The average Bonchev–Trinajstić information content (AvgIpc) is 1.89. The fourth-order valence-electron chi connectivity index (χ4n) is 0.253. The molecule has 0 aromatic carbocycles. The van der Waals surface area contributed by atoms with E-state index in [1.807, 2.05) is 0 Å². The first kappa shape index (κ1) is 9.79. The molecule has 0 aromatic heterocycles. The standard InChI is InChI=1S/C3H9NO5S/c4-9-10(6,7)3-8-2-1-5/h5H,1-4H2.